The number of aromatic nitrogens is 2. The van der Waals surface area contributed by atoms with Gasteiger partial charge in [-0.05, 0) is 50.3 Å². The molecule has 8 heteroatoms. The molecule has 0 saturated carbocycles. The zero-order valence-electron chi connectivity index (χ0n) is 14.2. The highest BCUT2D eigenvalue weighted by molar-refractivity contribution is 7.89. The number of piperidine rings is 1. The van der Waals surface area contributed by atoms with Gasteiger partial charge in [0.15, 0.2) is 0 Å². The molecule has 1 aromatic heterocycles. The van der Waals surface area contributed by atoms with E-state index >= 15 is 0 Å². The van der Waals surface area contributed by atoms with Crippen LogP contribution in [0.25, 0.3) is 0 Å². The van der Waals surface area contributed by atoms with E-state index < -0.39 is 16.0 Å². The zero-order chi connectivity index (χ0) is 18.2. The lowest BCUT2D eigenvalue weighted by Crippen LogP contribution is -2.39. The molecule has 2 aromatic rings. The lowest BCUT2D eigenvalue weighted by Gasteiger charge is -2.32. The molecule has 2 heterocycles. The molecule has 1 saturated heterocycles. The molecule has 1 fully saturated rings. The number of nitrogens with one attached hydrogen (secondary N) is 1. The second kappa shape index (κ2) is 6.61. The van der Waals surface area contributed by atoms with Crippen molar-refractivity contribution in [1.82, 2.24) is 14.5 Å². The summed E-state index contributed by atoms with van der Waals surface area (Å²) >= 11 is 0. The number of aryl methyl sites for hydroxylation is 2. The third-order valence-electron chi connectivity index (χ3n) is 4.65. The van der Waals surface area contributed by atoms with Gasteiger partial charge in [-0.15, -0.1) is 0 Å². The van der Waals surface area contributed by atoms with Crippen molar-refractivity contribution in [3.8, 4) is 0 Å². The fraction of sp³-hybridized carbons (Fsp3) is 0.412. The quantitative estimate of drug-likeness (QED) is 0.867. The number of H-pyrrole nitrogens is 1. The van der Waals surface area contributed by atoms with Gasteiger partial charge in [-0.25, -0.2) is 13.2 Å². The number of carboxylic acids is 1. The molecule has 1 aromatic carbocycles. The Balaban J connectivity index is 1.89. The van der Waals surface area contributed by atoms with Crippen LogP contribution in [0, 0.1) is 13.8 Å². The standard InChI is InChI=1S/C17H21N3O4S/c1-11-16(12(2)19-18-11)25(23,24)20-8-4-7-15(10-20)13-5-3-6-14(9-13)17(21)22/h3,5-6,9,15H,4,7-8,10H2,1-2H3,(H,18,19)(H,21,22). The molecule has 0 radical (unpaired) electrons. The summed E-state index contributed by atoms with van der Waals surface area (Å²) in [5.74, 6) is -0.998. The average Bonchev–Trinajstić information content (AvgIpc) is 2.94. The van der Waals surface area contributed by atoms with Crippen LogP contribution in [-0.4, -0.2) is 47.1 Å². The van der Waals surface area contributed by atoms with Gasteiger partial charge in [-0.1, -0.05) is 12.1 Å². The highest BCUT2D eigenvalue weighted by Gasteiger charge is 2.34. The second-order valence-corrected chi connectivity index (χ2v) is 8.27. The molecule has 134 valence electrons. The van der Waals surface area contributed by atoms with Crippen LogP contribution >= 0.6 is 0 Å². The molecule has 1 aliphatic rings. The van der Waals surface area contributed by atoms with Crippen LogP contribution in [0.1, 0.15) is 46.1 Å². The van der Waals surface area contributed by atoms with Crippen molar-refractivity contribution < 1.29 is 18.3 Å². The summed E-state index contributed by atoms with van der Waals surface area (Å²) in [6.07, 6.45) is 1.57. The normalized spacial score (nSPS) is 19.0. The van der Waals surface area contributed by atoms with Gasteiger partial charge >= 0.3 is 5.97 Å². The number of sulfonamides is 1. The molecule has 3 rings (SSSR count). The minimum Gasteiger partial charge on any atom is -0.478 e. The van der Waals surface area contributed by atoms with E-state index in [1.807, 2.05) is 6.07 Å². The molecule has 0 aliphatic carbocycles. The fourth-order valence-electron chi connectivity index (χ4n) is 3.41. The number of benzene rings is 1. The number of aromatic carboxylic acids is 1. The van der Waals surface area contributed by atoms with E-state index in [-0.39, 0.29) is 16.4 Å². The zero-order valence-corrected chi connectivity index (χ0v) is 15.0. The fourth-order valence-corrected chi connectivity index (χ4v) is 5.26. The molecule has 1 atom stereocenters. The summed E-state index contributed by atoms with van der Waals surface area (Å²) in [5, 5.41) is 15.9. The second-order valence-electron chi connectivity index (χ2n) is 6.40. The summed E-state index contributed by atoms with van der Waals surface area (Å²) in [4.78, 5) is 11.4. The Bertz CT molecular complexity index is 885. The largest absolute Gasteiger partial charge is 0.478 e. The number of aromatic amines is 1. The Morgan fingerprint density at radius 1 is 1.36 bits per heavy atom. The first-order valence-corrected chi connectivity index (χ1v) is 9.59. The lowest BCUT2D eigenvalue weighted by atomic mass is 9.91. The Kier molecular flexibility index (Phi) is 4.66. The number of hydrogen-bond acceptors (Lipinski definition) is 4. The maximum absolute atomic E-state index is 13.0. The molecule has 0 spiro atoms. The Morgan fingerprint density at radius 3 is 2.76 bits per heavy atom. The molecule has 2 N–H and O–H groups in total. The van der Waals surface area contributed by atoms with Crippen molar-refractivity contribution in [3.63, 3.8) is 0 Å². The van der Waals surface area contributed by atoms with Crippen LogP contribution in [-0.2, 0) is 10.0 Å². The SMILES string of the molecule is Cc1n[nH]c(C)c1S(=O)(=O)N1CCCC(c2cccc(C(=O)O)c2)C1. The van der Waals surface area contributed by atoms with E-state index in [1.165, 1.54) is 4.31 Å². The number of carboxylic acid groups (broad SMARTS) is 1. The average molecular weight is 363 g/mol. The van der Waals surface area contributed by atoms with E-state index in [1.54, 1.807) is 32.0 Å². The highest BCUT2D eigenvalue weighted by atomic mass is 32.2. The molecule has 0 amide bonds. The predicted octanol–water partition coefficient (Wildman–Crippen LogP) is 2.29. The molecule has 25 heavy (non-hydrogen) atoms. The van der Waals surface area contributed by atoms with E-state index in [4.69, 9.17) is 5.11 Å². The smallest absolute Gasteiger partial charge is 0.335 e. The van der Waals surface area contributed by atoms with Crippen LogP contribution in [0.5, 0.6) is 0 Å². The van der Waals surface area contributed by atoms with Gasteiger partial charge in [0, 0.05) is 13.1 Å². The predicted molar refractivity (Wildman–Crippen MR) is 92.2 cm³/mol. The molecule has 1 unspecified atom stereocenters. The van der Waals surface area contributed by atoms with Gasteiger partial charge in [0.2, 0.25) is 10.0 Å². The number of hydrogen-bond donors (Lipinski definition) is 2. The molecule has 7 nitrogen and oxygen atoms in total. The van der Waals surface area contributed by atoms with Gasteiger partial charge in [0.05, 0.1) is 17.0 Å². The van der Waals surface area contributed by atoms with Crippen molar-refractivity contribution in [2.75, 3.05) is 13.1 Å². The number of nitrogens with zero attached hydrogens (tertiary/aromatic N) is 2. The maximum atomic E-state index is 13.0. The van der Waals surface area contributed by atoms with Crippen LogP contribution in [0.4, 0.5) is 0 Å². The monoisotopic (exact) mass is 363 g/mol. The number of carbonyl (C=O) groups is 1. The first kappa shape index (κ1) is 17.6. The summed E-state index contributed by atoms with van der Waals surface area (Å²) in [5.41, 5.74) is 2.08. The molecule has 1 aliphatic heterocycles. The minimum atomic E-state index is -3.62. The van der Waals surface area contributed by atoms with Crippen molar-refractivity contribution in [2.24, 2.45) is 0 Å². The van der Waals surface area contributed by atoms with Crippen molar-refractivity contribution in [1.29, 1.82) is 0 Å². The third-order valence-corrected chi connectivity index (χ3v) is 6.78. The summed E-state index contributed by atoms with van der Waals surface area (Å²) in [7, 11) is -3.62. The minimum absolute atomic E-state index is 0.0182. The van der Waals surface area contributed by atoms with E-state index in [0.717, 1.165) is 18.4 Å². The van der Waals surface area contributed by atoms with Crippen molar-refractivity contribution >= 4 is 16.0 Å². The Morgan fingerprint density at radius 2 is 2.12 bits per heavy atom. The van der Waals surface area contributed by atoms with Gasteiger partial charge < -0.3 is 5.11 Å². The van der Waals surface area contributed by atoms with Gasteiger partial charge in [-0.2, -0.15) is 9.40 Å². The molecular formula is C17H21N3O4S. The van der Waals surface area contributed by atoms with Crippen LogP contribution in [0.15, 0.2) is 29.2 Å². The molecular weight excluding hydrogens is 342 g/mol. The van der Waals surface area contributed by atoms with Crippen LogP contribution in [0.3, 0.4) is 0 Å². The third kappa shape index (κ3) is 3.32. The Hall–Kier alpha value is -2.19. The maximum Gasteiger partial charge on any atom is 0.335 e. The van der Waals surface area contributed by atoms with E-state index in [9.17, 15) is 13.2 Å². The van der Waals surface area contributed by atoms with Gasteiger partial charge in [-0.3, -0.25) is 5.10 Å². The first-order chi connectivity index (χ1) is 11.8. The topological polar surface area (TPSA) is 103 Å². The van der Waals surface area contributed by atoms with Crippen molar-refractivity contribution in [2.45, 2.75) is 37.5 Å². The molecule has 0 bridgehead atoms. The summed E-state index contributed by atoms with van der Waals surface area (Å²) in [6, 6.07) is 6.75. The van der Waals surface area contributed by atoms with Gasteiger partial charge in [0.1, 0.15) is 4.90 Å². The highest BCUT2D eigenvalue weighted by Crippen LogP contribution is 2.32. The van der Waals surface area contributed by atoms with Gasteiger partial charge in [0.25, 0.3) is 0 Å². The Labute approximate surface area is 146 Å². The van der Waals surface area contributed by atoms with Crippen molar-refractivity contribution in [3.05, 3.63) is 46.8 Å². The van der Waals surface area contributed by atoms with E-state index in [0.29, 0.717) is 24.5 Å². The summed E-state index contributed by atoms with van der Waals surface area (Å²) in [6.45, 7) is 4.18. The van der Waals surface area contributed by atoms with Crippen LogP contribution < -0.4 is 0 Å². The van der Waals surface area contributed by atoms with E-state index in [2.05, 4.69) is 10.2 Å². The lowest BCUT2D eigenvalue weighted by molar-refractivity contribution is 0.0696. The number of rotatable bonds is 4. The van der Waals surface area contributed by atoms with Crippen LogP contribution in [0.2, 0.25) is 0 Å². The first-order valence-electron chi connectivity index (χ1n) is 8.15. The summed E-state index contributed by atoms with van der Waals surface area (Å²) < 4.78 is 27.5.